The van der Waals surface area contributed by atoms with E-state index in [-0.39, 0.29) is 11.4 Å². The fourth-order valence-corrected chi connectivity index (χ4v) is 3.87. The maximum atomic E-state index is 12.9. The topological polar surface area (TPSA) is 95.5 Å². The van der Waals surface area contributed by atoms with Crippen LogP contribution in [0, 0.1) is 0 Å². The molecule has 3 heterocycles. The number of aromatic nitrogens is 3. The molecule has 9 heteroatoms. The molecule has 184 valence electrons. The molecule has 9 nitrogen and oxygen atoms in total. The number of anilines is 3. The number of urea groups is 1. The molecule has 1 saturated heterocycles. The maximum absolute atomic E-state index is 12.9. The third-order valence-corrected chi connectivity index (χ3v) is 5.91. The molecule has 1 aliphatic rings. The summed E-state index contributed by atoms with van der Waals surface area (Å²) in [6, 6.07) is 13.5. The highest BCUT2D eigenvalue weighted by atomic mass is 16.5. The summed E-state index contributed by atoms with van der Waals surface area (Å²) in [5, 5.41) is 5.98. The zero-order valence-electron chi connectivity index (χ0n) is 20.8. The van der Waals surface area contributed by atoms with E-state index >= 15 is 0 Å². The second-order valence-electron chi connectivity index (χ2n) is 9.47. The minimum Gasteiger partial charge on any atom is -0.483 e. The minimum atomic E-state index is -0.0858. The molecule has 35 heavy (non-hydrogen) atoms. The largest absolute Gasteiger partial charge is 0.483 e. The molecule has 2 aromatic heterocycles. The summed E-state index contributed by atoms with van der Waals surface area (Å²) in [5.74, 6) is 2.01. The van der Waals surface area contributed by atoms with Gasteiger partial charge in [0, 0.05) is 51.3 Å². The summed E-state index contributed by atoms with van der Waals surface area (Å²) >= 11 is 0. The first-order chi connectivity index (χ1) is 16.8. The third kappa shape index (κ3) is 6.17. The van der Waals surface area contributed by atoms with Crippen molar-refractivity contribution in [3.63, 3.8) is 0 Å². The molecule has 0 spiro atoms. The first-order valence-electron chi connectivity index (χ1n) is 11.8. The van der Waals surface area contributed by atoms with Gasteiger partial charge in [-0.25, -0.2) is 19.7 Å². The molecule has 1 aliphatic heterocycles. The van der Waals surface area contributed by atoms with Gasteiger partial charge in [-0.15, -0.1) is 0 Å². The number of carbonyl (C=O) groups excluding carboxylic acids is 1. The number of rotatable bonds is 6. The monoisotopic (exact) mass is 475 g/mol. The van der Waals surface area contributed by atoms with E-state index in [0.29, 0.717) is 44.5 Å². The second kappa shape index (κ2) is 10.6. The Labute approximate surface area is 206 Å². The van der Waals surface area contributed by atoms with Crippen molar-refractivity contribution in [1.29, 1.82) is 0 Å². The summed E-state index contributed by atoms with van der Waals surface area (Å²) < 4.78 is 6.05. The second-order valence-corrected chi connectivity index (χ2v) is 9.47. The zero-order chi connectivity index (χ0) is 24.8. The molecule has 0 aliphatic carbocycles. The number of nitrogens with zero attached hydrogens (tertiary/aromatic N) is 5. The number of hydrogen-bond donors (Lipinski definition) is 2. The zero-order valence-corrected chi connectivity index (χ0v) is 20.8. The Morgan fingerprint density at radius 1 is 1.03 bits per heavy atom. The Kier molecular flexibility index (Phi) is 7.33. The molecule has 2 amide bonds. The van der Waals surface area contributed by atoms with E-state index in [1.165, 1.54) is 5.56 Å². The molecule has 0 saturated carbocycles. The standard InChI is InChI=1S/C26H33N7O2/c1-26(2,3)19-7-5-8-20(17-19)31-25(34)33-15-13-32(14-16-33)23-22(9-6-11-28-23)35-18-21-10-12-29-24(27-4)30-21/h5-12,17H,13-16,18H2,1-4H3,(H,31,34)(H,27,29,30). The summed E-state index contributed by atoms with van der Waals surface area (Å²) in [6.07, 6.45) is 3.46. The van der Waals surface area contributed by atoms with Crippen molar-refractivity contribution in [3.05, 3.63) is 66.1 Å². The van der Waals surface area contributed by atoms with Crippen LogP contribution >= 0.6 is 0 Å². The van der Waals surface area contributed by atoms with Crippen LogP contribution in [0.25, 0.3) is 0 Å². The number of amides is 2. The molecule has 3 aromatic rings. The molecular formula is C26H33N7O2. The quantitative estimate of drug-likeness (QED) is 0.553. The van der Waals surface area contributed by atoms with Crippen molar-refractivity contribution in [2.75, 3.05) is 48.8 Å². The lowest BCUT2D eigenvalue weighted by atomic mass is 9.87. The molecule has 2 N–H and O–H groups in total. The van der Waals surface area contributed by atoms with Crippen molar-refractivity contribution in [3.8, 4) is 5.75 Å². The van der Waals surface area contributed by atoms with Gasteiger partial charge in [-0.1, -0.05) is 32.9 Å². The van der Waals surface area contributed by atoms with Crippen LogP contribution in [-0.2, 0) is 12.0 Å². The number of nitrogens with one attached hydrogen (secondary N) is 2. The smallest absolute Gasteiger partial charge is 0.321 e. The lowest BCUT2D eigenvalue weighted by molar-refractivity contribution is 0.208. The highest BCUT2D eigenvalue weighted by molar-refractivity contribution is 5.89. The van der Waals surface area contributed by atoms with Crippen molar-refractivity contribution >= 4 is 23.5 Å². The average molecular weight is 476 g/mol. The van der Waals surface area contributed by atoms with Gasteiger partial charge in [-0.05, 0) is 41.3 Å². The molecule has 0 bridgehead atoms. The number of carbonyl (C=O) groups is 1. The Balaban J connectivity index is 1.35. The predicted molar refractivity (Wildman–Crippen MR) is 138 cm³/mol. The maximum Gasteiger partial charge on any atom is 0.321 e. The summed E-state index contributed by atoms with van der Waals surface area (Å²) in [4.78, 5) is 30.0. The fourth-order valence-electron chi connectivity index (χ4n) is 3.87. The molecule has 1 fully saturated rings. The molecule has 4 rings (SSSR count). The Hall–Kier alpha value is -3.88. The van der Waals surface area contributed by atoms with Crippen molar-refractivity contribution < 1.29 is 9.53 Å². The number of pyridine rings is 1. The minimum absolute atomic E-state index is 0.0253. The van der Waals surface area contributed by atoms with Crippen LogP contribution in [0.2, 0.25) is 0 Å². The molecular weight excluding hydrogens is 442 g/mol. The van der Waals surface area contributed by atoms with Crippen molar-refractivity contribution in [2.45, 2.75) is 32.8 Å². The van der Waals surface area contributed by atoms with Crippen LogP contribution in [0.4, 0.5) is 22.2 Å². The Bertz CT molecular complexity index is 1150. The van der Waals surface area contributed by atoms with Crippen LogP contribution in [0.1, 0.15) is 32.0 Å². The van der Waals surface area contributed by atoms with Crippen LogP contribution < -0.4 is 20.3 Å². The van der Waals surface area contributed by atoms with Gasteiger partial charge < -0.3 is 25.2 Å². The highest BCUT2D eigenvalue weighted by Crippen LogP contribution is 2.28. The summed E-state index contributed by atoms with van der Waals surface area (Å²) in [7, 11) is 1.78. The van der Waals surface area contributed by atoms with E-state index in [9.17, 15) is 4.79 Å². The van der Waals surface area contributed by atoms with Crippen molar-refractivity contribution in [1.82, 2.24) is 19.9 Å². The van der Waals surface area contributed by atoms with E-state index in [1.807, 2.05) is 41.3 Å². The van der Waals surface area contributed by atoms with Gasteiger partial charge in [0.2, 0.25) is 5.95 Å². The molecule has 0 unspecified atom stereocenters. The first kappa shape index (κ1) is 24.3. The van der Waals surface area contributed by atoms with Gasteiger partial charge in [-0.3, -0.25) is 0 Å². The SMILES string of the molecule is CNc1nccc(COc2cccnc2N2CCN(C(=O)Nc3cccc(C(C)(C)C)c3)CC2)n1. The summed E-state index contributed by atoms with van der Waals surface area (Å²) in [6.45, 7) is 9.32. The average Bonchev–Trinajstić information content (AvgIpc) is 2.87. The van der Waals surface area contributed by atoms with Gasteiger partial charge in [0.25, 0.3) is 0 Å². The molecule has 1 aromatic carbocycles. The Morgan fingerprint density at radius 2 is 1.83 bits per heavy atom. The van der Waals surface area contributed by atoms with E-state index in [4.69, 9.17) is 4.74 Å². The highest BCUT2D eigenvalue weighted by Gasteiger charge is 2.24. The molecule has 0 radical (unpaired) electrons. The van der Waals surface area contributed by atoms with Gasteiger partial charge >= 0.3 is 6.03 Å². The van der Waals surface area contributed by atoms with Gasteiger partial charge in [0.1, 0.15) is 6.61 Å². The van der Waals surface area contributed by atoms with Crippen molar-refractivity contribution in [2.24, 2.45) is 0 Å². The van der Waals surface area contributed by atoms with E-state index in [0.717, 1.165) is 17.2 Å². The summed E-state index contributed by atoms with van der Waals surface area (Å²) in [5.41, 5.74) is 2.80. The van der Waals surface area contributed by atoms with Gasteiger partial charge in [-0.2, -0.15) is 0 Å². The lowest BCUT2D eigenvalue weighted by Crippen LogP contribution is -2.50. The van der Waals surface area contributed by atoms with E-state index in [1.54, 1.807) is 19.4 Å². The normalized spacial score (nSPS) is 13.9. The third-order valence-electron chi connectivity index (χ3n) is 5.91. The Morgan fingerprint density at radius 3 is 2.57 bits per heavy atom. The lowest BCUT2D eigenvalue weighted by Gasteiger charge is -2.36. The van der Waals surface area contributed by atoms with Crippen LogP contribution in [0.5, 0.6) is 5.75 Å². The van der Waals surface area contributed by atoms with E-state index < -0.39 is 0 Å². The fraction of sp³-hybridized carbons (Fsp3) is 0.385. The van der Waals surface area contributed by atoms with Gasteiger partial charge in [0.05, 0.1) is 5.69 Å². The van der Waals surface area contributed by atoms with Gasteiger partial charge in [0.15, 0.2) is 11.6 Å². The number of hydrogen-bond acceptors (Lipinski definition) is 7. The number of benzene rings is 1. The number of ether oxygens (including phenoxy) is 1. The predicted octanol–water partition coefficient (Wildman–Crippen LogP) is 4.14. The van der Waals surface area contributed by atoms with E-state index in [2.05, 4.69) is 57.3 Å². The van der Waals surface area contributed by atoms with Crippen LogP contribution in [0.3, 0.4) is 0 Å². The molecule has 0 atom stereocenters. The van der Waals surface area contributed by atoms with Crippen LogP contribution in [0.15, 0.2) is 54.9 Å². The van der Waals surface area contributed by atoms with Crippen LogP contribution in [-0.4, -0.2) is 59.1 Å². The first-order valence-corrected chi connectivity index (χ1v) is 11.8. The number of piperazine rings is 1.